The van der Waals surface area contributed by atoms with Gasteiger partial charge in [0.15, 0.2) is 0 Å². The van der Waals surface area contributed by atoms with Crippen LogP contribution in [0.5, 0.6) is 5.75 Å². The van der Waals surface area contributed by atoms with Crippen LogP contribution in [-0.2, 0) is 9.53 Å². The number of benzene rings is 1. The quantitative estimate of drug-likeness (QED) is 0.830. The average Bonchev–Trinajstić information content (AvgIpc) is 2.98. The van der Waals surface area contributed by atoms with Gasteiger partial charge in [-0.1, -0.05) is 23.7 Å². The Hall–Kier alpha value is -1.30. The summed E-state index contributed by atoms with van der Waals surface area (Å²) in [4.78, 5) is 14.4. The minimum absolute atomic E-state index is 0.0992. The zero-order valence-corrected chi connectivity index (χ0v) is 13.9. The summed E-state index contributed by atoms with van der Waals surface area (Å²) in [5.41, 5.74) is -0.451. The van der Waals surface area contributed by atoms with Crippen LogP contribution in [0.3, 0.4) is 0 Å². The van der Waals surface area contributed by atoms with Crippen LogP contribution in [0, 0.1) is 5.41 Å². The molecule has 1 saturated heterocycles. The summed E-state index contributed by atoms with van der Waals surface area (Å²) in [5, 5.41) is 3.82. The SMILES string of the molecule is COCC1(C(=O)N(C)CCOc2ccccc2Cl)CCNC1. The van der Waals surface area contributed by atoms with Gasteiger partial charge in [-0.25, -0.2) is 0 Å². The molecule has 0 radical (unpaired) electrons. The fourth-order valence-corrected chi connectivity index (χ4v) is 2.94. The molecule has 122 valence electrons. The molecule has 0 saturated carbocycles. The summed E-state index contributed by atoms with van der Waals surface area (Å²) >= 11 is 6.04. The van der Waals surface area contributed by atoms with Crippen LogP contribution in [0.4, 0.5) is 0 Å². The second-order valence-corrected chi connectivity index (χ2v) is 6.05. The normalized spacial score (nSPS) is 20.9. The van der Waals surface area contributed by atoms with Crippen molar-refractivity contribution in [3.8, 4) is 5.75 Å². The number of likely N-dealkylation sites (N-methyl/N-ethyl adjacent to an activating group) is 1. The molecule has 0 bridgehead atoms. The Labute approximate surface area is 136 Å². The number of amides is 1. The molecule has 1 aliphatic rings. The van der Waals surface area contributed by atoms with E-state index < -0.39 is 5.41 Å². The van der Waals surface area contributed by atoms with E-state index in [1.54, 1.807) is 25.1 Å². The van der Waals surface area contributed by atoms with Gasteiger partial charge in [0.25, 0.3) is 0 Å². The van der Waals surface area contributed by atoms with Gasteiger partial charge in [-0.3, -0.25) is 4.79 Å². The fraction of sp³-hybridized carbons (Fsp3) is 0.562. The number of rotatable bonds is 7. The highest BCUT2D eigenvalue weighted by atomic mass is 35.5. The Morgan fingerprint density at radius 2 is 2.23 bits per heavy atom. The Bertz CT molecular complexity index is 504. The van der Waals surface area contributed by atoms with Gasteiger partial charge in [-0.15, -0.1) is 0 Å². The van der Waals surface area contributed by atoms with Crippen LogP contribution >= 0.6 is 11.6 Å². The monoisotopic (exact) mass is 326 g/mol. The Morgan fingerprint density at radius 3 is 2.86 bits per heavy atom. The molecular weight excluding hydrogens is 304 g/mol. The summed E-state index contributed by atoms with van der Waals surface area (Å²) in [6, 6.07) is 7.32. The summed E-state index contributed by atoms with van der Waals surface area (Å²) in [5.74, 6) is 0.737. The number of ether oxygens (including phenoxy) is 2. The molecule has 0 aliphatic carbocycles. The Kier molecular flexibility index (Phi) is 6.06. The number of halogens is 1. The maximum Gasteiger partial charge on any atom is 0.232 e. The van der Waals surface area contributed by atoms with Gasteiger partial charge in [0.1, 0.15) is 12.4 Å². The van der Waals surface area contributed by atoms with Crippen LogP contribution in [0.25, 0.3) is 0 Å². The second-order valence-electron chi connectivity index (χ2n) is 5.65. The van der Waals surface area contributed by atoms with Gasteiger partial charge >= 0.3 is 0 Å². The first-order valence-electron chi connectivity index (χ1n) is 7.41. The lowest BCUT2D eigenvalue weighted by molar-refractivity contribution is -0.143. The zero-order chi connectivity index (χ0) is 16.0. The lowest BCUT2D eigenvalue weighted by atomic mass is 9.86. The zero-order valence-electron chi connectivity index (χ0n) is 13.1. The highest BCUT2D eigenvalue weighted by Crippen LogP contribution is 2.28. The summed E-state index contributed by atoms with van der Waals surface area (Å²) in [7, 11) is 3.43. The maximum atomic E-state index is 12.7. The molecule has 1 aliphatic heterocycles. The summed E-state index contributed by atoms with van der Waals surface area (Å²) in [6.45, 7) is 2.86. The third-order valence-corrected chi connectivity index (χ3v) is 4.30. The molecule has 0 spiro atoms. The number of hydrogen-bond donors (Lipinski definition) is 1. The molecule has 1 atom stereocenters. The van der Waals surface area contributed by atoms with Crippen molar-refractivity contribution in [1.29, 1.82) is 0 Å². The molecule has 1 unspecified atom stereocenters. The van der Waals surface area contributed by atoms with Crippen LogP contribution in [0.15, 0.2) is 24.3 Å². The largest absolute Gasteiger partial charge is 0.490 e. The van der Waals surface area contributed by atoms with E-state index in [1.165, 1.54) is 0 Å². The lowest BCUT2D eigenvalue weighted by Crippen LogP contribution is -2.47. The van der Waals surface area contributed by atoms with Crippen LogP contribution < -0.4 is 10.1 Å². The number of para-hydroxylation sites is 1. The van der Waals surface area contributed by atoms with Crippen molar-refractivity contribution in [3.05, 3.63) is 29.3 Å². The number of carbonyl (C=O) groups excluding carboxylic acids is 1. The van der Waals surface area contributed by atoms with Crippen molar-refractivity contribution in [2.24, 2.45) is 5.41 Å². The van der Waals surface area contributed by atoms with E-state index in [0.29, 0.717) is 37.1 Å². The standard InChI is InChI=1S/C16H23ClN2O3/c1-19(9-10-22-14-6-4-3-5-13(14)17)15(20)16(12-21-2)7-8-18-11-16/h3-6,18H,7-12H2,1-2H3. The van der Waals surface area contributed by atoms with Crippen molar-refractivity contribution in [1.82, 2.24) is 10.2 Å². The van der Waals surface area contributed by atoms with Crippen molar-refractivity contribution in [2.45, 2.75) is 6.42 Å². The molecule has 1 N–H and O–H groups in total. The predicted octanol–water partition coefficient (Wildman–Crippen LogP) is 1.80. The van der Waals surface area contributed by atoms with Crippen molar-refractivity contribution in [2.75, 3.05) is 47.0 Å². The molecule has 1 aromatic rings. The summed E-state index contributed by atoms with van der Waals surface area (Å²) < 4.78 is 10.9. The molecule has 6 heteroatoms. The number of carbonyl (C=O) groups is 1. The first-order valence-corrected chi connectivity index (χ1v) is 7.79. The Morgan fingerprint density at radius 1 is 1.45 bits per heavy atom. The molecule has 1 amide bonds. The van der Waals surface area contributed by atoms with E-state index >= 15 is 0 Å². The number of hydrogen-bond acceptors (Lipinski definition) is 4. The van der Waals surface area contributed by atoms with Gasteiger partial charge in [0.05, 0.1) is 23.6 Å². The van der Waals surface area contributed by atoms with E-state index in [9.17, 15) is 4.79 Å². The van der Waals surface area contributed by atoms with Crippen molar-refractivity contribution >= 4 is 17.5 Å². The molecule has 22 heavy (non-hydrogen) atoms. The average molecular weight is 327 g/mol. The first-order chi connectivity index (χ1) is 10.6. The molecule has 1 fully saturated rings. The topological polar surface area (TPSA) is 50.8 Å². The second kappa shape index (κ2) is 7.81. The van der Waals surface area contributed by atoms with E-state index in [1.807, 2.05) is 18.2 Å². The minimum atomic E-state index is -0.451. The van der Waals surface area contributed by atoms with E-state index in [-0.39, 0.29) is 5.91 Å². The molecule has 1 heterocycles. The predicted molar refractivity (Wildman–Crippen MR) is 86.4 cm³/mol. The third kappa shape index (κ3) is 3.91. The maximum absolute atomic E-state index is 12.7. The van der Waals surface area contributed by atoms with Crippen molar-refractivity contribution < 1.29 is 14.3 Å². The molecule has 2 rings (SSSR count). The van der Waals surface area contributed by atoms with Crippen LogP contribution in [0.2, 0.25) is 5.02 Å². The van der Waals surface area contributed by atoms with Crippen molar-refractivity contribution in [3.63, 3.8) is 0 Å². The minimum Gasteiger partial charge on any atom is -0.490 e. The number of methoxy groups -OCH3 is 1. The number of nitrogens with zero attached hydrogens (tertiary/aromatic N) is 1. The highest BCUT2D eigenvalue weighted by molar-refractivity contribution is 6.32. The van der Waals surface area contributed by atoms with Crippen LogP contribution in [-0.4, -0.2) is 57.8 Å². The summed E-state index contributed by atoms with van der Waals surface area (Å²) in [6.07, 6.45) is 0.801. The van der Waals surface area contributed by atoms with E-state index in [4.69, 9.17) is 21.1 Å². The Balaban J connectivity index is 1.87. The van der Waals surface area contributed by atoms with Gasteiger partial charge in [-0.2, -0.15) is 0 Å². The highest BCUT2D eigenvalue weighted by Gasteiger charge is 2.42. The van der Waals surface area contributed by atoms with Gasteiger partial charge in [-0.05, 0) is 25.1 Å². The molecule has 1 aromatic carbocycles. The smallest absolute Gasteiger partial charge is 0.232 e. The molecular formula is C16H23ClN2O3. The lowest BCUT2D eigenvalue weighted by Gasteiger charge is -2.31. The van der Waals surface area contributed by atoms with Gasteiger partial charge in [0.2, 0.25) is 5.91 Å². The number of nitrogens with one attached hydrogen (secondary N) is 1. The first kappa shape index (κ1) is 17.1. The molecule has 0 aromatic heterocycles. The van der Waals surface area contributed by atoms with Gasteiger partial charge in [0, 0.05) is 20.7 Å². The fourth-order valence-electron chi connectivity index (χ4n) is 2.75. The van der Waals surface area contributed by atoms with Crippen LogP contribution in [0.1, 0.15) is 6.42 Å². The molecule has 5 nitrogen and oxygen atoms in total. The van der Waals surface area contributed by atoms with Gasteiger partial charge < -0.3 is 19.7 Å². The third-order valence-electron chi connectivity index (χ3n) is 3.99. The van der Waals surface area contributed by atoms with E-state index in [2.05, 4.69) is 5.32 Å². The van der Waals surface area contributed by atoms with E-state index in [0.717, 1.165) is 13.0 Å².